The molecule has 0 saturated carbocycles. The van der Waals surface area contributed by atoms with Crippen LogP contribution in [-0.2, 0) is 9.59 Å². The molecule has 0 unspecified atom stereocenters. The van der Waals surface area contributed by atoms with Crippen molar-refractivity contribution in [2.24, 2.45) is 23.7 Å². The standard InChI is InChI=1S/C32H39NO5/c1-4-8-21(17-22-11-14-24(35)15-12-22)13-16-28(36)29-25(20(2)3)18-26-30(27(29)19-34)32(38)33(31(26)37)23-9-6-5-7-10-23/h5-7,9-12,14-15,17,20,26-28,30,34-36H,4,8,13,16,18-19H2,1-3H3/b21-17+/t26-,27+,28-,30-/m1/s1. The van der Waals surface area contributed by atoms with Gasteiger partial charge in [0.2, 0.25) is 11.8 Å². The summed E-state index contributed by atoms with van der Waals surface area (Å²) < 4.78 is 0. The molecule has 4 rings (SSSR count). The Labute approximate surface area is 225 Å². The highest BCUT2D eigenvalue weighted by atomic mass is 16.3. The van der Waals surface area contributed by atoms with Gasteiger partial charge < -0.3 is 15.3 Å². The van der Waals surface area contributed by atoms with Gasteiger partial charge in [-0.2, -0.15) is 0 Å². The van der Waals surface area contributed by atoms with Crippen LogP contribution in [0.15, 0.2) is 71.3 Å². The summed E-state index contributed by atoms with van der Waals surface area (Å²) in [6.07, 6.45) is 4.69. The number of rotatable bonds is 10. The largest absolute Gasteiger partial charge is 0.508 e. The first kappa shape index (κ1) is 27.8. The monoisotopic (exact) mass is 517 g/mol. The molecule has 2 amide bonds. The first-order chi connectivity index (χ1) is 18.3. The second-order valence-corrected chi connectivity index (χ2v) is 10.8. The summed E-state index contributed by atoms with van der Waals surface area (Å²) in [6, 6.07) is 16.0. The van der Waals surface area contributed by atoms with Crippen molar-refractivity contribution in [3.63, 3.8) is 0 Å². The van der Waals surface area contributed by atoms with E-state index < -0.39 is 23.9 Å². The number of anilines is 1. The third kappa shape index (κ3) is 5.62. The second-order valence-electron chi connectivity index (χ2n) is 10.8. The van der Waals surface area contributed by atoms with Crippen molar-refractivity contribution in [3.8, 4) is 5.75 Å². The lowest BCUT2D eigenvalue weighted by Crippen LogP contribution is -2.39. The molecular weight excluding hydrogens is 478 g/mol. The Kier molecular flexibility index (Phi) is 8.85. The van der Waals surface area contributed by atoms with Crippen LogP contribution in [-0.4, -0.2) is 39.8 Å². The molecule has 6 heteroatoms. The number of aliphatic hydroxyl groups excluding tert-OH is 2. The topological polar surface area (TPSA) is 98.1 Å². The summed E-state index contributed by atoms with van der Waals surface area (Å²) >= 11 is 0. The van der Waals surface area contributed by atoms with Gasteiger partial charge in [-0.15, -0.1) is 0 Å². The predicted octanol–water partition coefficient (Wildman–Crippen LogP) is 5.49. The molecule has 6 nitrogen and oxygen atoms in total. The van der Waals surface area contributed by atoms with Crippen molar-refractivity contribution in [1.82, 2.24) is 0 Å². The van der Waals surface area contributed by atoms with E-state index in [1.807, 2.05) is 32.0 Å². The van der Waals surface area contributed by atoms with Gasteiger partial charge in [-0.3, -0.25) is 14.5 Å². The minimum absolute atomic E-state index is 0.0750. The predicted molar refractivity (Wildman–Crippen MR) is 149 cm³/mol. The van der Waals surface area contributed by atoms with E-state index in [2.05, 4.69) is 13.0 Å². The molecule has 2 aromatic rings. The number of fused-ring (bicyclic) bond motifs is 1. The fourth-order valence-corrected chi connectivity index (χ4v) is 6.15. The summed E-state index contributed by atoms with van der Waals surface area (Å²) in [7, 11) is 0. The van der Waals surface area contributed by atoms with Crippen LogP contribution in [0.2, 0.25) is 0 Å². The number of phenolic OH excluding ortho intramolecular Hbond substituents is 1. The molecule has 1 saturated heterocycles. The second kappa shape index (κ2) is 12.1. The molecule has 1 aliphatic heterocycles. The van der Waals surface area contributed by atoms with Crippen LogP contribution in [0.5, 0.6) is 5.75 Å². The number of hydrogen-bond donors (Lipinski definition) is 3. The number of imide groups is 1. The summed E-state index contributed by atoms with van der Waals surface area (Å²) in [4.78, 5) is 28.3. The number of allylic oxidation sites excluding steroid dienone is 2. The number of carbonyl (C=O) groups is 2. The van der Waals surface area contributed by atoms with Gasteiger partial charge >= 0.3 is 0 Å². The zero-order chi connectivity index (χ0) is 27.4. The van der Waals surface area contributed by atoms with E-state index in [-0.39, 0.29) is 30.1 Å². The van der Waals surface area contributed by atoms with Crippen LogP contribution in [0.25, 0.3) is 6.08 Å². The Balaban J connectivity index is 1.61. The van der Waals surface area contributed by atoms with E-state index in [9.17, 15) is 24.9 Å². The maximum absolute atomic E-state index is 13.6. The van der Waals surface area contributed by atoms with Crippen molar-refractivity contribution >= 4 is 23.6 Å². The van der Waals surface area contributed by atoms with E-state index in [0.717, 1.165) is 29.6 Å². The van der Waals surface area contributed by atoms with Crippen molar-refractivity contribution in [3.05, 3.63) is 76.9 Å². The van der Waals surface area contributed by atoms with Gasteiger partial charge in [0, 0.05) is 5.92 Å². The van der Waals surface area contributed by atoms with E-state index in [0.29, 0.717) is 24.9 Å². The van der Waals surface area contributed by atoms with Crippen LogP contribution in [0.4, 0.5) is 5.69 Å². The first-order valence-corrected chi connectivity index (χ1v) is 13.7. The van der Waals surface area contributed by atoms with Crippen LogP contribution in [0.3, 0.4) is 0 Å². The van der Waals surface area contributed by atoms with Crippen LogP contribution >= 0.6 is 0 Å². The fourth-order valence-electron chi connectivity index (χ4n) is 6.15. The summed E-state index contributed by atoms with van der Waals surface area (Å²) in [5, 5.41) is 31.7. The van der Waals surface area contributed by atoms with Crippen molar-refractivity contribution in [1.29, 1.82) is 0 Å². The molecule has 0 radical (unpaired) electrons. The highest BCUT2D eigenvalue weighted by Gasteiger charge is 2.55. The molecule has 3 N–H and O–H groups in total. The van der Waals surface area contributed by atoms with Crippen molar-refractivity contribution in [2.75, 3.05) is 11.5 Å². The van der Waals surface area contributed by atoms with Crippen molar-refractivity contribution < 1.29 is 24.9 Å². The lowest BCUT2D eigenvalue weighted by atomic mass is 9.66. The minimum Gasteiger partial charge on any atom is -0.508 e. The van der Waals surface area contributed by atoms with Crippen LogP contribution < -0.4 is 4.90 Å². The van der Waals surface area contributed by atoms with E-state index in [4.69, 9.17) is 0 Å². The number of nitrogens with zero attached hydrogens (tertiary/aromatic N) is 1. The summed E-state index contributed by atoms with van der Waals surface area (Å²) in [5.41, 5.74) is 4.45. The molecule has 2 aromatic carbocycles. The Morgan fingerprint density at radius 1 is 1.03 bits per heavy atom. The van der Waals surface area contributed by atoms with Crippen LogP contribution in [0.1, 0.15) is 58.4 Å². The Hall–Kier alpha value is -3.22. The average Bonchev–Trinajstić information content (AvgIpc) is 3.17. The third-order valence-corrected chi connectivity index (χ3v) is 7.96. The van der Waals surface area contributed by atoms with Gasteiger partial charge in [-0.1, -0.05) is 74.7 Å². The fraction of sp³-hybridized carbons (Fsp3) is 0.438. The van der Waals surface area contributed by atoms with Gasteiger partial charge in [0.25, 0.3) is 0 Å². The van der Waals surface area contributed by atoms with E-state index >= 15 is 0 Å². The number of benzene rings is 2. The molecule has 1 fully saturated rings. The quantitative estimate of drug-likeness (QED) is 0.286. The maximum Gasteiger partial charge on any atom is 0.238 e. The molecular formula is C32H39NO5. The minimum atomic E-state index is -0.820. The molecule has 38 heavy (non-hydrogen) atoms. The molecule has 2 aliphatic rings. The van der Waals surface area contributed by atoms with Gasteiger partial charge in [0.15, 0.2) is 0 Å². The molecule has 1 aliphatic carbocycles. The molecule has 1 heterocycles. The first-order valence-electron chi connectivity index (χ1n) is 13.7. The van der Waals surface area contributed by atoms with Crippen molar-refractivity contribution in [2.45, 2.75) is 59.0 Å². The van der Waals surface area contributed by atoms with Gasteiger partial charge in [-0.05, 0) is 67.0 Å². The summed E-state index contributed by atoms with van der Waals surface area (Å²) in [6.45, 7) is 5.90. The molecule has 0 spiro atoms. The highest BCUT2D eigenvalue weighted by molar-refractivity contribution is 6.22. The number of aliphatic hydroxyl groups is 2. The SMILES string of the molecule is CCC/C(=C\c1ccc(O)cc1)CC[C@@H](O)C1=C(C(C)C)C[C@H]2C(=O)N(c3ccccc3)C(=O)[C@H]2[C@H]1CO. The van der Waals surface area contributed by atoms with Gasteiger partial charge in [0.05, 0.1) is 30.2 Å². The normalized spacial score (nSPS) is 22.8. The van der Waals surface area contributed by atoms with Gasteiger partial charge in [-0.25, -0.2) is 0 Å². The van der Waals surface area contributed by atoms with E-state index in [1.54, 1.807) is 36.4 Å². The van der Waals surface area contributed by atoms with E-state index in [1.165, 1.54) is 10.5 Å². The lowest BCUT2D eigenvalue weighted by Gasteiger charge is -2.38. The maximum atomic E-state index is 13.6. The number of hydrogen-bond acceptors (Lipinski definition) is 5. The Morgan fingerprint density at radius 3 is 2.32 bits per heavy atom. The number of aromatic hydroxyl groups is 1. The molecule has 4 atom stereocenters. The zero-order valence-corrected chi connectivity index (χ0v) is 22.5. The smallest absolute Gasteiger partial charge is 0.238 e. The summed E-state index contributed by atoms with van der Waals surface area (Å²) in [5.74, 6) is -2.03. The number of phenols is 1. The average molecular weight is 518 g/mol. The lowest BCUT2D eigenvalue weighted by molar-refractivity contribution is -0.123. The van der Waals surface area contributed by atoms with Crippen LogP contribution in [0, 0.1) is 23.7 Å². The highest BCUT2D eigenvalue weighted by Crippen LogP contribution is 2.48. The third-order valence-electron chi connectivity index (χ3n) is 7.96. The molecule has 0 aromatic heterocycles. The van der Waals surface area contributed by atoms with Gasteiger partial charge in [0.1, 0.15) is 5.75 Å². The Bertz CT molecular complexity index is 1200. The number of amides is 2. The zero-order valence-electron chi connectivity index (χ0n) is 22.5. The Morgan fingerprint density at radius 2 is 1.71 bits per heavy atom. The number of para-hydroxylation sites is 1. The molecule has 202 valence electrons. The number of carbonyl (C=O) groups excluding carboxylic acids is 2. The molecule has 0 bridgehead atoms.